The first-order valence-electron chi connectivity index (χ1n) is 6.90. The zero-order valence-electron chi connectivity index (χ0n) is 12.9. The van der Waals surface area contributed by atoms with Gasteiger partial charge in [-0.1, -0.05) is 19.4 Å². The van der Waals surface area contributed by atoms with Crippen LogP contribution in [0.15, 0.2) is 29.2 Å². The van der Waals surface area contributed by atoms with E-state index in [2.05, 4.69) is 10.9 Å². The van der Waals surface area contributed by atoms with Crippen LogP contribution >= 0.6 is 0 Å². The lowest BCUT2D eigenvalue weighted by atomic mass is 10.2. The lowest BCUT2D eigenvalue weighted by molar-refractivity contribution is -0.121. The fourth-order valence-corrected chi connectivity index (χ4v) is 2.56. The third-order valence-corrected chi connectivity index (χ3v) is 4.76. The quantitative estimate of drug-likeness (QED) is 0.759. The Morgan fingerprint density at radius 3 is 2.45 bits per heavy atom. The number of amides is 2. The number of rotatable bonds is 6. The smallest absolute Gasteiger partial charge is 0.269 e. The number of carbonyl (C=O) groups is 2. The number of unbranched alkanes of at least 4 members (excludes halogenated alkanes) is 1. The van der Waals surface area contributed by atoms with Gasteiger partial charge in [-0.25, -0.2) is 12.7 Å². The topological polar surface area (TPSA) is 95.6 Å². The van der Waals surface area contributed by atoms with E-state index in [1.54, 1.807) is 0 Å². The third-order valence-electron chi connectivity index (χ3n) is 2.95. The Labute approximate surface area is 130 Å². The van der Waals surface area contributed by atoms with Gasteiger partial charge >= 0.3 is 0 Å². The summed E-state index contributed by atoms with van der Waals surface area (Å²) < 4.78 is 25.1. The van der Waals surface area contributed by atoms with Crippen molar-refractivity contribution in [2.75, 3.05) is 14.1 Å². The molecular weight excluding hydrogens is 306 g/mol. The zero-order valence-corrected chi connectivity index (χ0v) is 13.7. The van der Waals surface area contributed by atoms with E-state index in [4.69, 9.17) is 0 Å². The summed E-state index contributed by atoms with van der Waals surface area (Å²) in [6.07, 6.45) is 1.94. The van der Waals surface area contributed by atoms with Crippen LogP contribution in [-0.4, -0.2) is 38.6 Å². The molecule has 0 spiro atoms. The zero-order chi connectivity index (χ0) is 16.8. The highest BCUT2D eigenvalue weighted by Gasteiger charge is 2.18. The Balaban J connectivity index is 2.78. The highest BCUT2D eigenvalue weighted by molar-refractivity contribution is 7.89. The van der Waals surface area contributed by atoms with Crippen LogP contribution in [0.1, 0.15) is 36.5 Å². The molecule has 7 nitrogen and oxygen atoms in total. The van der Waals surface area contributed by atoms with Crippen molar-refractivity contribution in [3.8, 4) is 0 Å². The van der Waals surface area contributed by atoms with E-state index < -0.39 is 15.9 Å². The molecule has 0 aromatic heterocycles. The molecule has 0 heterocycles. The average Bonchev–Trinajstić information content (AvgIpc) is 2.50. The SMILES string of the molecule is CCCCC(=O)NNC(=O)c1cccc(S(=O)(=O)N(C)C)c1. The second-order valence-electron chi connectivity index (χ2n) is 4.92. The van der Waals surface area contributed by atoms with E-state index in [0.29, 0.717) is 6.42 Å². The molecule has 0 atom stereocenters. The maximum Gasteiger partial charge on any atom is 0.269 e. The summed E-state index contributed by atoms with van der Waals surface area (Å²) in [6, 6.07) is 5.63. The van der Waals surface area contributed by atoms with Crippen molar-refractivity contribution in [1.29, 1.82) is 0 Å². The van der Waals surface area contributed by atoms with Gasteiger partial charge in [0.15, 0.2) is 0 Å². The van der Waals surface area contributed by atoms with Crippen molar-refractivity contribution in [3.63, 3.8) is 0 Å². The molecule has 0 radical (unpaired) electrons. The maximum absolute atomic E-state index is 12.0. The predicted octanol–water partition coefficient (Wildman–Crippen LogP) is 0.888. The summed E-state index contributed by atoms with van der Waals surface area (Å²) in [7, 11) is -0.785. The summed E-state index contributed by atoms with van der Waals surface area (Å²) in [5.74, 6) is -0.854. The second kappa shape index (κ2) is 7.90. The van der Waals surface area contributed by atoms with Crippen molar-refractivity contribution in [2.45, 2.75) is 31.1 Å². The van der Waals surface area contributed by atoms with E-state index in [1.165, 1.54) is 38.4 Å². The van der Waals surface area contributed by atoms with Crippen molar-refractivity contribution < 1.29 is 18.0 Å². The van der Waals surface area contributed by atoms with E-state index in [9.17, 15) is 18.0 Å². The summed E-state index contributed by atoms with van der Waals surface area (Å²) in [4.78, 5) is 23.4. The van der Waals surface area contributed by atoms with Crippen LogP contribution in [0.25, 0.3) is 0 Å². The van der Waals surface area contributed by atoms with Crippen molar-refractivity contribution in [2.24, 2.45) is 0 Å². The van der Waals surface area contributed by atoms with E-state index in [1.807, 2.05) is 6.92 Å². The normalized spacial score (nSPS) is 11.3. The Bertz CT molecular complexity index is 641. The monoisotopic (exact) mass is 327 g/mol. The summed E-state index contributed by atoms with van der Waals surface area (Å²) >= 11 is 0. The first kappa shape index (κ1) is 18.1. The molecule has 0 aliphatic heterocycles. The first-order chi connectivity index (χ1) is 10.3. The number of carbonyl (C=O) groups excluding carboxylic acids is 2. The Morgan fingerprint density at radius 1 is 1.18 bits per heavy atom. The molecule has 0 aliphatic carbocycles. The van der Waals surface area contributed by atoms with Crippen LogP contribution in [0.5, 0.6) is 0 Å². The number of nitrogens with one attached hydrogen (secondary N) is 2. The molecule has 0 saturated carbocycles. The number of sulfonamides is 1. The van der Waals surface area contributed by atoms with Gasteiger partial charge in [0.1, 0.15) is 0 Å². The van der Waals surface area contributed by atoms with Crippen LogP contribution < -0.4 is 10.9 Å². The van der Waals surface area contributed by atoms with Gasteiger partial charge in [-0.15, -0.1) is 0 Å². The fourth-order valence-electron chi connectivity index (χ4n) is 1.61. The Kier molecular flexibility index (Phi) is 6.51. The number of hydrazine groups is 1. The van der Waals surface area contributed by atoms with Crippen LogP contribution in [-0.2, 0) is 14.8 Å². The minimum atomic E-state index is -3.61. The lowest BCUT2D eigenvalue weighted by Crippen LogP contribution is -2.41. The number of hydrogen-bond acceptors (Lipinski definition) is 4. The van der Waals surface area contributed by atoms with Gasteiger partial charge in [-0.2, -0.15) is 0 Å². The fraction of sp³-hybridized carbons (Fsp3) is 0.429. The largest absolute Gasteiger partial charge is 0.273 e. The van der Waals surface area contributed by atoms with Crippen molar-refractivity contribution >= 4 is 21.8 Å². The first-order valence-corrected chi connectivity index (χ1v) is 8.34. The van der Waals surface area contributed by atoms with Crippen LogP contribution in [0.2, 0.25) is 0 Å². The molecule has 8 heteroatoms. The van der Waals surface area contributed by atoms with Crippen LogP contribution in [0.4, 0.5) is 0 Å². The van der Waals surface area contributed by atoms with E-state index in [0.717, 1.165) is 17.1 Å². The van der Waals surface area contributed by atoms with E-state index >= 15 is 0 Å². The number of nitrogens with zero attached hydrogens (tertiary/aromatic N) is 1. The Hall–Kier alpha value is -1.93. The van der Waals surface area contributed by atoms with Crippen LogP contribution in [0.3, 0.4) is 0 Å². The van der Waals surface area contributed by atoms with Gasteiger partial charge in [-0.05, 0) is 24.6 Å². The summed E-state index contributed by atoms with van der Waals surface area (Å²) in [5.41, 5.74) is 4.72. The van der Waals surface area contributed by atoms with Gasteiger partial charge in [-0.3, -0.25) is 20.4 Å². The predicted molar refractivity (Wildman–Crippen MR) is 82.4 cm³/mol. The molecule has 1 aromatic carbocycles. The molecule has 122 valence electrons. The highest BCUT2D eigenvalue weighted by atomic mass is 32.2. The standard InChI is InChI=1S/C14H21N3O4S/c1-4-5-9-13(18)15-16-14(19)11-7-6-8-12(10-11)22(20,21)17(2)3/h6-8,10H,4-5,9H2,1-3H3,(H,15,18)(H,16,19). The van der Waals surface area contributed by atoms with Gasteiger partial charge in [0.2, 0.25) is 15.9 Å². The molecule has 0 fully saturated rings. The van der Waals surface area contributed by atoms with Crippen LogP contribution in [0, 0.1) is 0 Å². The van der Waals surface area contributed by atoms with Gasteiger partial charge in [0, 0.05) is 26.1 Å². The summed E-state index contributed by atoms with van der Waals surface area (Å²) in [6.45, 7) is 1.96. The molecule has 0 unspecified atom stereocenters. The van der Waals surface area contributed by atoms with Crippen molar-refractivity contribution in [3.05, 3.63) is 29.8 Å². The number of hydrogen-bond donors (Lipinski definition) is 2. The average molecular weight is 327 g/mol. The number of benzene rings is 1. The minimum absolute atomic E-state index is 0.0162. The third kappa shape index (κ3) is 4.81. The molecule has 22 heavy (non-hydrogen) atoms. The molecular formula is C14H21N3O4S. The molecule has 0 bridgehead atoms. The minimum Gasteiger partial charge on any atom is -0.273 e. The second-order valence-corrected chi connectivity index (χ2v) is 7.07. The molecule has 0 saturated heterocycles. The molecule has 2 amide bonds. The van der Waals surface area contributed by atoms with Gasteiger partial charge in [0.25, 0.3) is 5.91 Å². The molecule has 0 aliphatic rings. The Morgan fingerprint density at radius 2 is 1.86 bits per heavy atom. The van der Waals surface area contributed by atoms with Crippen molar-refractivity contribution in [1.82, 2.24) is 15.2 Å². The molecule has 1 rings (SSSR count). The molecule has 2 N–H and O–H groups in total. The molecule has 1 aromatic rings. The van der Waals surface area contributed by atoms with E-state index in [-0.39, 0.29) is 16.4 Å². The van der Waals surface area contributed by atoms with Gasteiger partial charge in [0.05, 0.1) is 4.90 Å². The lowest BCUT2D eigenvalue weighted by Gasteiger charge is -2.12. The summed E-state index contributed by atoms with van der Waals surface area (Å²) in [5, 5.41) is 0. The highest BCUT2D eigenvalue weighted by Crippen LogP contribution is 2.14. The van der Waals surface area contributed by atoms with Gasteiger partial charge < -0.3 is 0 Å². The maximum atomic E-state index is 12.0.